The van der Waals surface area contributed by atoms with E-state index in [-0.39, 0.29) is 0 Å². The molecule has 1 fully saturated rings. The molecule has 0 bridgehead atoms. The second-order valence-corrected chi connectivity index (χ2v) is 6.13. The van der Waals surface area contributed by atoms with Gasteiger partial charge in [-0.25, -0.2) is 0 Å². The molecule has 2 heteroatoms. The van der Waals surface area contributed by atoms with Gasteiger partial charge in [-0.05, 0) is 37.4 Å². The molecule has 0 atom stereocenters. The maximum Gasteiger partial charge on any atom is 0.124 e. The standard InChI is InChI=1S/C16H23NO/c1-16(8-2-3-9-16)12-18-15-6-4-5-13-7-10-17-11-14(13)15/h4-6,17H,2-3,7-12H2,1H3. The third-order valence-electron chi connectivity index (χ3n) is 4.49. The van der Waals surface area contributed by atoms with Gasteiger partial charge < -0.3 is 10.1 Å². The Balaban J connectivity index is 1.72. The first-order chi connectivity index (χ1) is 8.77. The van der Waals surface area contributed by atoms with Gasteiger partial charge in [0.25, 0.3) is 0 Å². The van der Waals surface area contributed by atoms with Gasteiger partial charge in [-0.2, -0.15) is 0 Å². The van der Waals surface area contributed by atoms with Crippen LogP contribution < -0.4 is 10.1 Å². The molecule has 1 aromatic carbocycles. The molecule has 98 valence electrons. The highest BCUT2D eigenvalue weighted by Gasteiger charge is 2.29. The Kier molecular flexibility index (Phi) is 3.29. The highest BCUT2D eigenvalue weighted by atomic mass is 16.5. The molecule has 0 unspecified atom stereocenters. The molecule has 0 saturated heterocycles. The molecule has 0 radical (unpaired) electrons. The summed E-state index contributed by atoms with van der Waals surface area (Å²) in [7, 11) is 0. The van der Waals surface area contributed by atoms with E-state index in [1.807, 2.05) is 0 Å². The Labute approximate surface area is 110 Å². The van der Waals surface area contributed by atoms with Crippen LogP contribution in [0.3, 0.4) is 0 Å². The molecule has 1 aliphatic heterocycles. The zero-order chi connectivity index (χ0) is 12.4. The van der Waals surface area contributed by atoms with Gasteiger partial charge in [0, 0.05) is 17.5 Å². The molecule has 0 spiro atoms. The van der Waals surface area contributed by atoms with Gasteiger partial charge in [0.2, 0.25) is 0 Å². The fourth-order valence-corrected chi connectivity index (χ4v) is 3.24. The summed E-state index contributed by atoms with van der Waals surface area (Å²) in [6.07, 6.45) is 6.51. The Morgan fingerprint density at radius 2 is 2.11 bits per heavy atom. The zero-order valence-electron chi connectivity index (χ0n) is 11.3. The molecule has 2 aliphatic rings. The van der Waals surface area contributed by atoms with Gasteiger partial charge in [-0.15, -0.1) is 0 Å². The highest BCUT2D eigenvalue weighted by molar-refractivity contribution is 5.41. The number of hydrogen-bond acceptors (Lipinski definition) is 2. The van der Waals surface area contributed by atoms with Crippen molar-refractivity contribution in [3.63, 3.8) is 0 Å². The van der Waals surface area contributed by atoms with Crippen molar-refractivity contribution in [2.75, 3.05) is 13.2 Å². The van der Waals surface area contributed by atoms with Crippen LogP contribution in [0.2, 0.25) is 0 Å². The lowest BCUT2D eigenvalue weighted by Gasteiger charge is -2.26. The second kappa shape index (κ2) is 4.93. The number of rotatable bonds is 3. The quantitative estimate of drug-likeness (QED) is 0.882. The van der Waals surface area contributed by atoms with E-state index in [1.165, 1.54) is 36.8 Å². The predicted molar refractivity (Wildman–Crippen MR) is 73.9 cm³/mol. The van der Waals surface area contributed by atoms with Gasteiger partial charge in [-0.1, -0.05) is 31.9 Å². The Bertz CT molecular complexity index is 421. The Morgan fingerprint density at radius 1 is 1.28 bits per heavy atom. The van der Waals surface area contributed by atoms with Crippen molar-refractivity contribution in [1.82, 2.24) is 5.32 Å². The highest BCUT2D eigenvalue weighted by Crippen LogP contribution is 2.38. The van der Waals surface area contributed by atoms with Gasteiger partial charge in [0.15, 0.2) is 0 Å². The average Bonchev–Trinajstić information content (AvgIpc) is 2.84. The van der Waals surface area contributed by atoms with Crippen LogP contribution in [0.25, 0.3) is 0 Å². The molecule has 1 aromatic rings. The fraction of sp³-hybridized carbons (Fsp3) is 0.625. The van der Waals surface area contributed by atoms with Crippen LogP contribution in [-0.2, 0) is 13.0 Å². The van der Waals surface area contributed by atoms with Crippen LogP contribution in [0.5, 0.6) is 5.75 Å². The zero-order valence-corrected chi connectivity index (χ0v) is 11.3. The maximum atomic E-state index is 6.15. The summed E-state index contributed by atoms with van der Waals surface area (Å²) >= 11 is 0. The molecule has 0 amide bonds. The van der Waals surface area contributed by atoms with E-state index in [0.717, 1.165) is 31.9 Å². The Hall–Kier alpha value is -1.02. The average molecular weight is 245 g/mol. The van der Waals surface area contributed by atoms with E-state index in [9.17, 15) is 0 Å². The smallest absolute Gasteiger partial charge is 0.124 e. The normalized spacial score (nSPS) is 21.6. The third kappa shape index (κ3) is 2.39. The summed E-state index contributed by atoms with van der Waals surface area (Å²) in [5.41, 5.74) is 3.25. The lowest BCUT2D eigenvalue weighted by atomic mass is 9.90. The van der Waals surface area contributed by atoms with Crippen LogP contribution in [0.15, 0.2) is 18.2 Å². The summed E-state index contributed by atoms with van der Waals surface area (Å²) in [6, 6.07) is 6.50. The van der Waals surface area contributed by atoms with E-state index in [2.05, 4.69) is 30.4 Å². The van der Waals surface area contributed by atoms with E-state index in [4.69, 9.17) is 4.74 Å². The molecule has 2 nitrogen and oxygen atoms in total. The molecule has 1 heterocycles. The lowest BCUT2D eigenvalue weighted by molar-refractivity contribution is 0.166. The number of benzene rings is 1. The molecular formula is C16H23NO. The van der Waals surface area contributed by atoms with Crippen molar-refractivity contribution in [3.8, 4) is 5.75 Å². The molecule has 1 saturated carbocycles. The Morgan fingerprint density at radius 3 is 2.94 bits per heavy atom. The summed E-state index contributed by atoms with van der Waals surface area (Å²) in [5.74, 6) is 1.10. The van der Waals surface area contributed by atoms with Crippen LogP contribution in [-0.4, -0.2) is 13.2 Å². The van der Waals surface area contributed by atoms with Gasteiger partial charge in [0.05, 0.1) is 6.61 Å². The van der Waals surface area contributed by atoms with Crippen molar-refractivity contribution >= 4 is 0 Å². The minimum absolute atomic E-state index is 0.408. The molecule has 1 N–H and O–H groups in total. The SMILES string of the molecule is CC1(COc2cccc3c2CNCC3)CCCC1. The van der Waals surface area contributed by atoms with Crippen LogP contribution in [0.1, 0.15) is 43.7 Å². The monoisotopic (exact) mass is 245 g/mol. The first-order valence-corrected chi connectivity index (χ1v) is 7.21. The molecule has 1 aliphatic carbocycles. The van der Waals surface area contributed by atoms with Crippen LogP contribution >= 0.6 is 0 Å². The topological polar surface area (TPSA) is 21.3 Å². The summed E-state index contributed by atoms with van der Waals surface area (Å²) in [6.45, 7) is 5.30. The van der Waals surface area contributed by atoms with E-state index < -0.39 is 0 Å². The molecule has 3 rings (SSSR count). The van der Waals surface area contributed by atoms with Crippen molar-refractivity contribution < 1.29 is 4.74 Å². The first-order valence-electron chi connectivity index (χ1n) is 7.21. The van der Waals surface area contributed by atoms with Crippen molar-refractivity contribution in [3.05, 3.63) is 29.3 Å². The molecule has 18 heavy (non-hydrogen) atoms. The largest absolute Gasteiger partial charge is 0.493 e. The van der Waals surface area contributed by atoms with Crippen LogP contribution in [0, 0.1) is 5.41 Å². The summed E-state index contributed by atoms with van der Waals surface area (Å²) in [4.78, 5) is 0. The maximum absolute atomic E-state index is 6.15. The van der Waals surface area contributed by atoms with E-state index in [1.54, 1.807) is 0 Å². The predicted octanol–water partition coefficient (Wildman–Crippen LogP) is 3.29. The molecule has 0 aromatic heterocycles. The first kappa shape index (κ1) is 12.0. The summed E-state index contributed by atoms with van der Waals surface area (Å²) in [5, 5.41) is 3.44. The van der Waals surface area contributed by atoms with Gasteiger partial charge >= 0.3 is 0 Å². The van der Waals surface area contributed by atoms with E-state index >= 15 is 0 Å². The molecular weight excluding hydrogens is 222 g/mol. The third-order valence-corrected chi connectivity index (χ3v) is 4.49. The number of fused-ring (bicyclic) bond motifs is 1. The lowest BCUT2D eigenvalue weighted by Crippen LogP contribution is -2.26. The van der Waals surface area contributed by atoms with Crippen molar-refractivity contribution in [1.29, 1.82) is 0 Å². The van der Waals surface area contributed by atoms with Crippen molar-refractivity contribution in [2.45, 2.75) is 45.6 Å². The summed E-state index contributed by atoms with van der Waals surface area (Å²) < 4.78 is 6.15. The second-order valence-electron chi connectivity index (χ2n) is 6.13. The number of ether oxygens (including phenoxy) is 1. The fourth-order valence-electron chi connectivity index (χ4n) is 3.24. The van der Waals surface area contributed by atoms with Crippen LogP contribution in [0.4, 0.5) is 0 Å². The van der Waals surface area contributed by atoms with Gasteiger partial charge in [0.1, 0.15) is 5.75 Å². The van der Waals surface area contributed by atoms with Gasteiger partial charge in [-0.3, -0.25) is 0 Å². The van der Waals surface area contributed by atoms with E-state index in [0.29, 0.717) is 5.41 Å². The number of nitrogens with one attached hydrogen (secondary N) is 1. The minimum Gasteiger partial charge on any atom is -0.493 e. The minimum atomic E-state index is 0.408. The number of hydrogen-bond donors (Lipinski definition) is 1. The van der Waals surface area contributed by atoms with Crippen molar-refractivity contribution in [2.24, 2.45) is 5.41 Å².